The van der Waals surface area contributed by atoms with Gasteiger partial charge in [-0.05, 0) is 215 Å². The highest BCUT2D eigenvalue weighted by atomic mass is 16.5. The van der Waals surface area contributed by atoms with Crippen molar-refractivity contribution in [1.29, 1.82) is 0 Å². The molecule has 0 saturated carbocycles. The fourth-order valence-electron chi connectivity index (χ4n) is 19.0. The third-order valence-corrected chi connectivity index (χ3v) is 22.9. The summed E-state index contributed by atoms with van der Waals surface area (Å²) in [6.45, 7) is 111. The van der Waals surface area contributed by atoms with Crippen molar-refractivity contribution >= 4 is 0 Å². The summed E-state index contributed by atoms with van der Waals surface area (Å²) in [5.41, 5.74) is 1.94. The lowest BCUT2D eigenvalue weighted by atomic mass is 9.69. The predicted molar refractivity (Wildman–Crippen MR) is 453 cm³/mol. The lowest BCUT2D eigenvalue weighted by Crippen LogP contribution is -2.30. The van der Waals surface area contributed by atoms with E-state index < -0.39 is 0 Å². The molecule has 0 amide bonds. The van der Waals surface area contributed by atoms with Crippen LogP contribution in [-0.2, 0) is 9.47 Å². The second-order valence-electron chi connectivity index (χ2n) is 38.8. The summed E-state index contributed by atoms with van der Waals surface area (Å²) in [6.07, 6.45) is 9.76. The summed E-state index contributed by atoms with van der Waals surface area (Å²) in [5.74, 6) is 24.8. The third kappa shape index (κ3) is 54.4. The van der Waals surface area contributed by atoms with E-state index in [4.69, 9.17) is 9.47 Å². The van der Waals surface area contributed by atoms with Crippen molar-refractivity contribution in [2.75, 3.05) is 20.3 Å². The molecule has 2 atom stereocenters. The van der Waals surface area contributed by atoms with Gasteiger partial charge < -0.3 is 9.47 Å². The first-order valence-corrected chi connectivity index (χ1v) is 42.4. The second kappa shape index (κ2) is 61.4. The molecule has 0 aliphatic carbocycles. The summed E-state index contributed by atoms with van der Waals surface area (Å²) >= 11 is 0. The number of methoxy groups -OCH3 is 1. The molecule has 0 aromatic heterocycles. The Balaban J connectivity index is -0.000000189. The summed E-state index contributed by atoms with van der Waals surface area (Å²) in [4.78, 5) is 0. The molecule has 0 radical (unpaired) electrons. The summed E-state index contributed by atoms with van der Waals surface area (Å²) in [7, 11) is 1.79. The minimum atomic E-state index is 0.384. The molecule has 590 valence electrons. The molecule has 1 aliphatic rings. The van der Waals surface area contributed by atoms with Crippen LogP contribution in [0.3, 0.4) is 0 Å². The van der Waals surface area contributed by atoms with Crippen LogP contribution in [0.1, 0.15) is 382 Å². The fraction of sp³-hybridized carbons (Fsp3) is 0.937. The topological polar surface area (TPSA) is 18.5 Å². The van der Waals surface area contributed by atoms with E-state index in [-0.39, 0.29) is 0 Å². The first kappa shape index (κ1) is 110. The van der Waals surface area contributed by atoms with E-state index in [1.54, 1.807) is 7.11 Å². The molecule has 1 aromatic rings. The Morgan fingerprint density at radius 2 is 0.701 bits per heavy atom. The van der Waals surface area contributed by atoms with Gasteiger partial charge in [-0.25, -0.2) is 0 Å². The van der Waals surface area contributed by atoms with Crippen molar-refractivity contribution in [3.63, 3.8) is 0 Å². The van der Waals surface area contributed by atoms with E-state index in [0.717, 1.165) is 167 Å². The first-order chi connectivity index (χ1) is 44.2. The molecule has 1 saturated heterocycles. The highest BCUT2D eigenvalue weighted by Gasteiger charge is 2.31. The van der Waals surface area contributed by atoms with Crippen LogP contribution in [0, 0.1) is 177 Å². The van der Waals surface area contributed by atoms with Gasteiger partial charge in [0.2, 0.25) is 0 Å². The normalized spacial score (nSPS) is 14.0. The lowest BCUT2D eigenvalue weighted by Gasteiger charge is -2.37. The number of rotatable bonds is 29. The number of ether oxygens (including phenoxy) is 2. The Kier molecular flexibility index (Phi) is 69.4. The zero-order valence-corrected chi connectivity index (χ0v) is 77.0. The van der Waals surface area contributed by atoms with Gasteiger partial charge in [0.1, 0.15) is 0 Å². The highest BCUT2D eigenvalue weighted by molar-refractivity contribution is 5.20. The summed E-state index contributed by atoms with van der Waals surface area (Å²) in [5, 5.41) is 0. The monoisotopic (exact) mass is 1370 g/mol. The maximum absolute atomic E-state index is 5.41. The van der Waals surface area contributed by atoms with Gasteiger partial charge in [-0.3, -0.25) is 0 Å². The zero-order chi connectivity index (χ0) is 78.3. The van der Waals surface area contributed by atoms with E-state index in [1.807, 2.05) is 0 Å². The van der Waals surface area contributed by atoms with E-state index in [9.17, 15) is 0 Å². The van der Waals surface area contributed by atoms with Gasteiger partial charge >= 0.3 is 0 Å². The smallest absolute Gasteiger partial charge is 0.0576 e. The van der Waals surface area contributed by atoms with Crippen molar-refractivity contribution in [1.82, 2.24) is 0 Å². The molecule has 0 N–H and O–H groups in total. The molecule has 2 unspecified atom stereocenters. The van der Waals surface area contributed by atoms with Crippen molar-refractivity contribution < 1.29 is 9.47 Å². The number of hydrogen-bond acceptors (Lipinski definition) is 2. The van der Waals surface area contributed by atoms with Crippen LogP contribution < -0.4 is 0 Å². The van der Waals surface area contributed by atoms with Crippen LogP contribution in [0.25, 0.3) is 0 Å². The quantitative estimate of drug-likeness (QED) is 0.0796. The maximum atomic E-state index is 5.41. The molecule has 2 heteroatoms. The molecule has 0 spiro atoms. The molecule has 1 fully saturated rings. The van der Waals surface area contributed by atoms with Gasteiger partial charge in [0.15, 0.2) is 0 Å². The SMILES string of the molecule is CC(C)C(C(C)C)C(C)(C)C.CC(C)C(C(C)C)C(C)C.CC(C)C(C(C)C)C1CCOCC1.CC(C)C(C)C(C)C.CC(C)C(c1ccccc1)C(C)C.CCC(C(C)C)C(C)C.CCC(C)C(C(C)C)C(C)C.CCCCC(C(C)C)C(C)C.COC(C)C(C(C)C)C(C)C. The lowest BCUT2D eigenvalue weighted by molar-refractivity contribution is 0.0253. The van der Waals surface area contributed by atoms with Crippen LogP contribution in [0.5, 0.6) is 0 Å². The molecule has 97 heavy (non-hydrogen) atoms. The molecule has 0 bridgehead atoms. The number of benzene rings is 1. The van der Waals surface area contributed by atoms with Crippen molar-refractivity contribution in [3.8, 4) is 0 Å². The van der Waals surface area contributed by atoms with Gasteiger partial charge in [-0.1, -0.05) is 375 Å². The van der Waals surface area contributed by atoms with Crippen LogP contribution in [-0.4, -0.2) is 26.4 Å². The van der Waals surface area contributed by atoms with E-state index in [0.29, 0.717) is 35.2 Å². The van der Waals surface area contributed by atoms with E-state index in [2.05, 4.69) is 356 Å². The third-order valence-electron chi connectivity index (χ3n) is 22.9. The molecule has 1 aliphatic heterocycles. The zero-order valence-electron chi connectivity index (χ0n) is 77.0. The van der Waals surface area contributed by atoms with Crippen LogP contribution >= 0.6 is 0 Å². The predicted octanol–water partition coefficient (Wildman–Crippen LogP) is 32.2. The van der Waals surface area contributed by atoms with E-state index >= 15 is 0 Å². The standard InChI is InChI=1S/C13H20.C12H24O.3C11H24.C10H22O.C10H22.C9H20.C8H18/c1-10(2)13(11(3)4)12-8-6-5-7-9-12;1-9(2)12(10(3)4)11-5-7-13-8-6-11;1-8(2)10(9(3)4)11(5,6)7;1-7-10(6)11(8(2)3)9(4)5;1-6-7-8-11(9(2)3)10(4)5;1-7(2)10(8(3)4)9(5)11-6;1-7(2)10(8(3)4)9(5)6;1-6-9(7(2)3)8(4)5;1-6(2)8(5)7(3)4/h5-11,13H,1-4H3;9-12H,5-8H2,1-4H3;8-10H,1-7H3;8-11H,7H2,1-6H3;9-11H,6-8H2,1-5H3;7-10H,1-6H3;7-10H,1-6H3;7-9H,6H2,1-5H3;6-8H,1-5H3. The molecule has 2 nitrogen and oxygen atoms in total. The summed E-state index contributed by atoms with van der Waals surface area (Å²) < 4.78 is 10.7. The minimum Gasteiger partial charge on any atom is -0.381 e. The van der Waals surface area contributed by atoms with Gasteiger partial charge in [0.25, 0.3) is 0 Å². The second-order valence-corrected chi connectivity index (χ2v) is 38.8. The fourth-order valence-corrected chi connectivity index (χ4v) is 19.0. The molecule has 2 rings (SSSR count). The van der Waals surface area contributed by atoms with Crippen LogP contribution in [0.2, 0.25) is 0 Å². The van der Waals surface area contributed by atoms with Gasteiger partial charge in [-0.2, -0.15) is 0 Å². The van der Waals surface area contributed by atoms with Crippen LogP contribution in [0.4, 0.5) is 0 Å². The summed E-state index contributed by atoms with van der Waals surface area (Å²) in [6, 6.07) is 10.8. The van der Waals surface area contributed by atoms with E-state index in [1.165, 1.54) is 50.5 Å². The Morgan fingerprint density at radius 3 is 0.856 bits per heavy atom. The Morgan fingerprint density at radius 1 is 0.371 bits per heavy atom. The van der Waals surface area contributed by atoms with Crippen molar-refractivity contribution in [2.24, 2.45) is 177 Å². The Bertz CT molecular complexity index is 1630. The molecular weight excluding hydrogens is 1170 g/mol. The average molecular weight is 1370 g/mol. The van der Waals surface area contributed by atoms with Crippen LogP contribution in [0.15, 0.2) is 30.3 Å². The van der Waals surface area contributed by atoms with Crippen molar-refractivity contribution in [3.05, 3.63) is 35.9 Å². The Hall–Kier alpha value is -0.860. The van der Waals surface area contributed by atoms with Crippen molar-refractivity contribution in [2.45, 2.75) is 382 Å². The molecule has 1 heterocycles. The molecule has 1 aromatic carbocycles. The number of hydrogen-bond donors (Lipinski definition) is 0. The van der Waals surface area contributed by atoms with Gasteiger partial charge in [-0.15, -0.1) is 0 Å². The Labute approximate surface area is 621 Å². The highest BCUT2D eigenvalue weighted by Crippen LogP contribution is 2.39. The molecular formula is C95H198O2. The minimum absolute atomic E-state index is 0.384. The number of unbranched alkanes of at least 4 members (excludes halogenated alkanes) is 1. The largest absolute Gasteiger partial charge is 0.381 e. The van der Waals surface area contributed by atoms with Gasteiger partial charge in [0.05, 0.1) is 6.10 Å². The average Bonchev–Trinajstić information content (AvgIpc) is 1.21. The van der Waals surface area contributed by atoms with Gasteiger partial charge in [0, 0.05) is 20.3 Å². The first-order valence-electron chi connectivity index (χ1n) is 42.4. The maximum Gasteiger partial charge on any atom is 0.0576 e.